The van der Waals surface area contributed by atoms with E-state index >= 15 is 0 Å². The average molecular weight is 219 g/mol. The first-order valence-corrected chi connectivity index (χ1v) is 3.80. The molecule has 0 radical (unpaired) electrons. The lowest BCUT2D eigenvalue weighted by Crippen LogP contribution is -2.10. The highest BCUT2D eigenvalue weighted by atomic mass is 19.4. The summed E-state index contributed by atoms with van der Waals surface area (Å²) in [5.74, 6) is -1.61. The maximum absolute atomic E-state index is 13.1. The Bertz CT molecular complexity index is 419. The molecule has 1 aromatic rings. The van der Waals surface area contributed by atoms with Crippen LogP contribution in [0.3, 0.4) is 0 Å². The quantitative estimate of drug-likeness (QED) is 0.736. The maximum Gasteiger partial charge on any atom is 0.419 e. The highest BCUT2D eigenvalue weighted by Gasteiger charge is 2.35. The summed E-state index contributed by atoms with van der Waals surface area (Å²) >= 11 is 0. The van der Waals surface area contributed by atoms with Gasteiger partial charge >= 0.3 is 6.18 Å². The molecule has 0 aromatic heterocycles. The molecule has 0 aliphatic carbocycles. The Morgan fingerprint density at radius 2 is 1.93 bits per heavy atom. The van der Waals surface area contributed by atoms with Crippen LogP contribution >= 0.6 is 0 Å². The molecule has 0 amide bonds. The summed E-state index contributed by atoms with van der Waals surface area (Å²) in [6.07, 6.45) is -4.87. The number of halogens is 4. The van der Waals surface area contributed by atoms with Crippen molar-refractivity contribution in [1.82, 2.24) is 0 Å². The Morgan fingerprint density at radius 1 is 1.33 bits per heavy atom. The second-order valence-electron chi connectivity index (χ2n) is 2.77. The van der Waals surface area contributed by atoms with Crippen LogP contribution in [0.2, 0.25) is 0 Å². The zero-order valence-corrected chi connectivity index (χ0v) is 7.27. The van der Waals surface area contributed by atoms with Crippen molar-refractivity contribution in [1.29, 1.82) is 5.26 Å². The number of rotatable bonds is 1. The lowest BCUT2D eigenvalue weighted by Gasteiger charge is -2.10. The number of hydrogen-bond donors (Lipinski definition) is 1. The van der Waals surface area contributed by atoms with Gasteiger partial charge in [0, 0.05) is 0 Å². The SMILES string of the molecule is N#Cc1cc(CO)cc(C(F)(F)F)c1F. The number of nitriles is 1. The Kier molecular flexibility index (Phi) is 2.95. The molecule has 0 unspecified atom stereocenters. The fraction of sp³-hybridized carbons (Fsp3) is 0.222. The fourth-order valence-electron chi connectivity index (χ4n) is 1.06. The van der Waals surface area contributed by atoms with Crippen molar-refractivity contribution in [3.05, 3.63) is 34.6 Å². The minimum Gasteiger partial charge on any atom is -0.392 e. The van der Waals surface area contributed by atoms with Crippen LogP contribution in [0.4, 0.5) is 17.6 Å². The van der Waals surface area contributed by atoms with Gasteiger partial charge in [-0.05, 0) is 17.7 Å². The Morgan fingerprint density at radius 3 is 2.33 bits per heavy atom. The predicted molar refractivity (Wildman–Crippen MR) is 42.0 cm³/mol. The predicted octanol–water partition coefficient (Wildman–Crippen LogP) is 2.21. The molecule has 1 N–H and O–H groups in total. The van der Waals surface area contributed by atoms with Gasteiger partial charge in [0.25, 0.3) is 0 Å². The van der Waals surface area contributed by atoms with E-state index in [0.717, 1.165) is 6.07 Å². The summed E-state index contributed by atoms with van der Waals surface area (Å²) in [6.45, 7) is -0.683. The summed E-state index contributed by atoms with van der Waals surface area (Å²) in [5, 5.41) is 17.0. The molecule has 6 heteroatoms. The molecule has 2 nitrogen and oxygen atoms in total. The van der Waals surface area contributed by atoms with Crippen molar-refractivity contribution in [3.8, 4) is 6.07 Å². The van der Waals surface area contributed by atoms with Crippen molar-refractivity contribution in [2.75, 3.05) is 0 Å². The number of nitrogens with zero attached hydrogens (tertiary/aromatic N) is 1. The molecule has 1 rings (SSSR count). The summed E-state index contributed by atoms with van der Waals surface area (Å²) in [6, 6.07) is 2.66. The van der Waals surface area contributed by atoms with Gasteiger partial charge in [-0.3, -0.25) is 0 Å². The van der Waals surface area contributed by atoms with E-state index in [1.165, 1.54) is 6.07 Å². The van der Waals surface area contributed by atoms with Gasteiger partial charge in [-0.15, -0.1) is 0 Å². The molecule has 0 aliphatic heterocycles. The highest BCUT2D eigenvalue weighted by molar-refractivity contribution is 5.40. The molecular formula is C9H5F4NO. The van der Waals surface area contributed by atoms with E-state index in [1.807, 2.05) is 0 Å². The van der Waals surface area contributed by atoms with Gasteiger partial charge < -0.3 is 5.11 Å². The van der Waals surface area contributed by atoms with Crippen LogP contribution in [0, 0.1) is 17.1 Å². The molecule has 80 valence electrons. The second kappa shape index (κ2) is 3.87. The zero-order valence-electron chi connectivity index (χ0n) is 7.27. The van der Waals surface area contributed by atoms with E-state index in [9.17, 15) is 17.6 Å². The van der Waals surface area contributed by atoms with Crippen molar-refractivity contribution in [2.24, 2.45) is 0 Å². The lowest BCUT2D eigenvalue weighted by molar-refractivity contribution is -0.140. The summed E-state index contributed by atoms with van der Waals surface area (Å²) in [4.78, 5) is 0. The average Bonchev–Trinajstić information content (AvgIpc) is 2.16. The van der Waals surface area contributed by atoms with E-state index in [0.29, 0.717) is 6.07 Å². The smallest absolute Gasteiger partial charge is 0.392 e. The van der Waals surface area contributed by atoms with Crippen LogP contribution in [0.1, 0.15) is 16.7 Å². The maximum atomic E-state index is 13.1. The fourth-order valence-corrected chi connectivity index (χ4v) is 1.06. The van der Waals surface area contributed by atoms with Gasteiger partial charge in [-0.1, -0.05) is 0 Å². The highest BCUT2D eigenvalue weighted by Crippen LogP contribution is 2.33. The molecule has 0 atom stereocenters. The first kappa shape index (κ1) is 11.5. The van der Waals surface area contributed by atoms with Crippen LogP contribution in [0.5, 0.6) is 0 Å². The van der Waals surface area contributed by atoms with Gasteiger partial charge in [-0.25, -0.2) is 4.39 Å². The van der Waals surface area contributed by atoms with Gasteiger partial charge in [0.15, 0.2) is 5.82 Å². The number of aliphatic hydroxyl groups excluding tert-OH is 1. The van der Waals surface area contributed by atoms with E-state index in [1.54, 1.807) is 0 Å². The van der Waals surface area contributed by atoms with E-state index in [4.69, 9.17) is 10.4 Å². The van der Waals surface area contributed by atoms with Crippen LogP contribution in [-0.2, 0) is 12.8 Å². The number of benzene rings is 1. The van der Waals surface area contributed by atoms with Crippen molar-refractivity contribution >= 4 is 0 Å². The standard InChI is InChI=1S/C9H5F4NO/c10-8-6(3-14)1-5(4-15)2-7(8)9(11,12)13/h1-2,15H,4H2. The van der Waals surface area contributed by atoms with Gasteiger partial charge in [0.05, 0.1) is 17.7 Å². The van der Waals surface area contributed by atoms with Crippen LogP contribution in [0.25, 0.3) is 0 Å². The molecule has 1 aromatic carbocycles. The molecule has 15 heavy (non-hydrogen) atoms. The Balaban J connectivity index is 3.46. The molecule has 0 spiro atoms. The minimum absolute atomic E-state index is 0.153. The van der Waals surface area contributed by atoms with Gasteiger partial charge in [-0.2, -0.15) is 18.4 Å². The number of alkyl halides is 3. The third-order valence-corrected chi connectivity index (χ3v) is 1.74. The molecule has 0 saturated carbocycles. The van der Waals surface area contributed by atoms with Crippen molar-refractivity contribution in [2.45, 2.75) is 12.8 Å². The van der Waals surface area contributed by atoms with Gasteiger partial charge in [0.1, 0.15) is 6.07 Å². The number of aliphatic hydroxyl groups is 1. The molecule has 0 heterocycles. The topological polar surface area (TPSA) is 44.0 Å². The van der Waals surface area contributed by atoms with Crippen LogP contribution in [0.15, 0.2) is 12.1 Å². The van der Waals surface area contributed by atoms with Crippen LogP contribution < -0.4 is 0 Å². The molecule has 0 saturated heterocycles. The first-order chi connectivity index (χ1) is 6.90. The largest absolute Gasteiger partial charge is 0.419 e. The van der Waals surface area contributed by atoms with Gasteiger partial charge in [0.2, 0.25) is 0 Å². The van der Waals surface area contributed by atoms with E-state index in [-0.39, 0.29) is 5.56 Å². The normalized spacial score (nSPS) is 11.2. The number of hydrogen-bond acceptors (Lipinski definition) is 2. The summed E-state index contributed by atoms with van der Waals surface area (Å²) in [7, 11) is 0. The van der Waals surface area contributed by atoms with E-state index in [2.05, 4.69) is 0 Å². The minimum atomic E-state index is -4.87. The van der Waals surface area contributed by atoms with E-state index < -0.39 is 29.7 Å². The lowest BCUT2D eigenvalue weighted by atomic mass is 10.1. The third kappa shape index (κ3) is 2.25. The molecular weight excluding hydrogens is 214 g/mol. The Labute approximate surface area is 82.4 Å². The van der Waals surface area contributed by atoms with Crippen molar-refractivity contribution in [3.63, 3.8) is 0 Å². The first-order valence-electron chi connectivity index (χ1n) is 3.80. The summed E-state index contributed by atoms with van der Waals surface area (Å²) in [5.41, 5.74) is -2.42. The summed E-state index contributed by atoms with van der Waals surface area (Å²) < 4.78 is 49.8. The third-order valence-electron chi connectivity index (χ3n) is 1.74. The van der Waals surface area contributed by atoms with Crippen LogP contribution in [-0.4, -0.2) is 5.11 Å². The van der Waals surface area contributed by atoms with Crippen molar-refractivity contribution < 1.29 is 22.7 Å². The monoisotopic (exact) mass is 219 g/mol. The molecule has 0 fully saturated rings. The second-order valence-corrected chi connectivity index (χ2v) is 2.77. The molecule has 0 aliphatic rings. The zero-order chi connectivity index (χ0) is 11.6. The Hall–Kier alpha value is -1.61. The molecule has 0 bridgehead atoms.